The standard InChI is InChI=1S/C26H32N6/c1-29(2)20-10-11-22-21(18-20)26(28-25(27-22)19-8-9-19)32-16-14-31(15-17-32)24-7-4-3-6-23(24)30-12-5-13-30/h3-4,6-7,10-11,18-19H,5,8-9,12-17H2,1-2H3. The van der Waals surface area contributed by atoms with Gasteiger partial charge in [0.05, 0.1) is 16.9 Å². The molecule has 166 valence electrons. The lowest BCUT2D eigenvalue weighted by Gasteiger charge is -2.41. The first kappa shape index (κ1) is 19.6. The molecule has 0 radical (unpaired) electrons. The summed E-state index contributed by atoms with van der Waals surface area (Å²) in [6, 6.07) is 15.5. The molecule has 1 aliphatic carbocycles. The van der Waals surface area contributed by atoms with E-state index in [9.17, 15) is 0 Å². The Bertz CT molecular complexity index is 1130. The summed E-state index contributed by atoms with van der Waals surface area (Å²) in [4.78, 5) is 19.8. The van der Waals surface area contributed by atoms with Gasteiger partial charge < -0.3 is 19.6 Å². The van der Waals surface area contributed by atoms with Crippen molar-refractivity contribution in [2.75, 3.05) is 73.0 Å². The molecular weight excluding hydrogens is 396 g/mol. The summed E-state index contributed by atoms with van der Waals surface area (Å²) in [6.07, 6.45) is 3.75. The molecule has 0 spiro atoms. The molecule has 1 saturated carbocycles. The molecule has 2 aliphatic heterocycles. The van der Waals surface area contributed by atoms with Gasteiger partial charge in [0, 0.05) is 70.4 Å². The first-order valence-electron chi connectivity index (χ1n) is 12.0. The molecule has 3 aromatic rings. The monoisotopic (exact) mass is 428 g/mol. The Hall–Kier alpha value is -3.02. The third-order valence-corrected chi connectivity index (χ3v) is 7.13. The van der Waals surface area contributed by atoms with Gasteiger partial charge in [-0.05, 0) is 49.6 Å². The quantitative estimate of drug-likeness (QED) is 0.609. The van der Waals surface area contributed by atoms with Crippen LogP contribution < -0.4 is 19.6 Å². The summed E-state index contributed by atoms with van der Waals surface area (Å²) in [7, 11) is 4.18. The van der Waals surface area contributed by atoms with Crippen LogP contribution in [0.1, 0.15) is 31.0 Å². The largest absolute Gasteiger partial charge is 0.378 e. The van der Waals surface area contributed by atoms with Crippen molar-refractivity contribution in [3.63, 3.8) is 0 Å². The summed E-state index contributed by atoms with van der Waals surface area (Å²) in [5.74, 6) is 2.71. The predicted molar refractivity (Wildman–Crippen MR) is 134 cm³/mol. The van der Waals surface area contributed by atoms with E-state index in [1.165, 1.54) is 54.8 Å². The van der Waals surface area contributed by atoms with E-state index in [0.29, 0.717) is 5.92 Å². The summed E-state index contributed by atoms with van der Waals surface area (Å²) in [5.41, 5.74) is 5.05. The van der Waals surface area contributed by atoms with Crippen LogP contribution in [0.4, 0.5) is 22.9 Å². The molecular formula is C26H32N6. The summed E-state index contributed by atoms with van der Waals surface area (Å²) in [5, 5.41) is 1.18. The van der Waals surface area contributed by atoms with Crippen LogP contribution in [-0.2, 0) is 0 Å². The number of fused-ring (bicyclic) bond motifs is 1. The normalized spacial score (nSPS) is 18.8. The van der Waals surface area contributed by atoms with Crippen LogP contribution in [0.15, 0.2) is 42.5 Å². The van der Waals surface area contributed by atoms with Crippen molar-refractivity contribution in [3.8, 4) is 0 Å². The van der Waals surface area contributed by atoms with E-state index in [1.54, 1.807) is 0 Å². The molecule has 0 N–H and O–H groups in total. The molecule has 0 amide bonds. The summed E-state index contributed by atoms with van der Waals surface area (Å²) >= 11 is 0. The van der Waals surface area contributed by atoms with E-state index >= 15 is 0 Å². The Morgan fingerprint density at radius 2 is 1.44 bits per heavy atom. The summed E-state index contributed by atoms with van der Waals surface area (Å²) < 4.78 is 0. The minimum Gasteiger partial charge on any atom is -0.378 e. The first-order chi connectivity index (χ1) is 15.7. The zero-order valence-electron chi connectivity index (χ0n) is 19.2. The van der Waals surface area contributed by atoms with Crippen LogP contribution >= 0.6 is 0 Å². The second-order valence-electron chi connectivity index (χ2n) is 9.58. The second kappa shape index (κ2) is 7.84. The molecule has 3 fully saturated rings. The van der Waals surface area contributed by atoms with Crippen LogP contribution in [-0.4, -0.2) is 63.3 Å². The highest BCUT2D eigenvalue weighted by atomic mass is 15.3. The summed E-state index contributed by atoms with van der Waals surface area (Å²) in [6.45, 7) is 6.36. The van der Waals surface area contributed by atoms with Gasteiger partial charge in [-0.25, -0.2) is 9.97 Å². The number of hydrogen-bond acceptors (Lipinski definition) is 6. The maximum atomic E-state index is 5.12. The molecule has 3 heterocycles. The van der Waals surface area contributed by atoms with Gasteiger partial charge in [-0.2, -0.15) is 0 Å². The lowest BCUT2D eigenvalue weighted by Crippen LogP contribution is -2.48. The maximum Gasteiger partial charge on any atom is 0.140 e. The van der Waals surface area contributed by atoms with E-state index < -0.39 is 0 Å². The van der Waals surface area contributed by atoms with Gasteiger partial charge in [-0.3, -0.25) is 0 Å². The average molecular weight is 429 g/mol. The Morgan fingerprint density at radius 1 is 0.781 bits per heavy atom. The van der Waals surface area contributed by atoms with E-state index in [2.05, 4.69) is 76.2 Å². The molecule has 6 rings (SSSR count). The van der Waals surface area contributed by atoms with E-state index in [0.717, 1.165) is 43.3 Å². The third kappa shape index (κ3) is 3.51. The van der Waals surface area contributed by atoms with Crippen LogP contribution in [0.5, 0.6) is 0 Å². The molecule has 32 heavy (non-hydrogen) atoms. The topological polar surface area (TPSA) is 38.7 Å². The fourth-order valence-electron chi connectivity index (χ4n) is 4.88. The molecule has 2 saturated heterocycles. The van der Waals surface area contributed by atoms with Crippen LogP contribution in [0.25, 0.3) is 10.9 Å². The Kier molecular flexibility index (Phi) is 4.81. The highest BCUT2D eigenvalue weighted by Crippen LogP contribution is 2.40. The van der Waals surface area contributed by atoms with Crippen molar-refractivity contribution in [2.45, 2.75) is 25.2 Å². The fraction of sp³-hybridized carbons (Fsp3) is 0.462. The van der Waals surface area contributed by atoms with Gasteiger partial charge in [-0.15, -0.1) is 0 Å². The van der Waals surface area contributed by atoms with Crippen molar-refractivity contribution in [3.05, 3.63) is 48.3 Å². The van der Waals surface area contributed by atoms with E-state index in [-0.39, 0.29) is 0 Å². The van der Waals surface area contributed by atoms with Gasteiger partial charge in [-0.1, -0.05) is 12.1 Å². The van der Waals surface area contributed by atoms with Gasteiger partial charge in [0.15, 0.2) is 0 Å². The number of hydrogen-bond donors (Lipinski definition) is 0. The zero-order valence-corrected chi connectivity index (χ0v) is 19.2. The number of anilines is 4. The molecule has 3 aliphatic rings. The number of rotatable bonds is 5. The van der Waals surface area contributed by atoms with Gasteiger partial charge >= 0.3 is 0 Å². The minimum absolute atomic E-state index is 0.552. The number of nitrogens with zero attached hydrogens (tertiary/aromatic N) is 6. The SMILES string of the molecule is CN(C)c1ccc2nc(C3CC3)nc(N3CCN(c4ccccc4N4CCC4)CC3)c2c1. The molecule has 0 unspecified atom stereocenters. The van der Waals surface area contributed by atoms with Gasteiger partial charge in [0.1, 0.15) is 11.6 Å². The van der Waals surface area contributed by atoms with Crippen LogP contribution in [0, 0.1) is 0 Å². The van der Waals surface area contributed by atoms with Crippen molar-refractivity contribution >= 4 is 33.8 Å². The molecule has 6 nitrogen and oxygen atoms in total. The predicted octanol–water partition coefficient (Wildman–Crippen LogP) is 4.11. The number of para-hydroxylation sites is 2. The van der Waals surface area contributed by atoms with Gasteiger partial charge in [0.2, 0.25) is 0 Å². The lowest BCUT2D eigenvalue weighted by atomic mass is 10.1. The number of piperazine rings is 1. The van der Waals surface area contributed by atoms with Crippen molar-refractivity contribution in [1.82, 2.24) is 9.97 Å². The maximum absolute atomic E-state index is 5.12. The lowest BCUT2D eigenvalue weighted by molar-refractivity contribution is 0.610. The number of aromatic nitrogens is 2. The third-order valence-electron chi connectivity index (χ3n) is 7.13. The van der Waals surface area contributed by atoms with Crippen molar-refractivity contribution in [2.24, 2.45) is 0 Å². The van der Waals surface area contributed by atoms with E-state index in [4.69, 9.17) is 9.97 Å². The van der Waals surface area contributed by atoms with Crippen molar-refractivity contribution < 1.29 is 0 Å². The average Bonchev–Trinajstić information content (AvgIpc) is 3.63. The first-order valence-corrected chi connectivity index (χ1v) is 12.0. The Labute approximate surface area is 190 Å². The highest BCUT2D eigenvalue weighted by molar-refractivity contribution is 5.92. The molecule has 1 aromatic heterocycles. The van der Waals surface area contributed by atoms with Gasteiger partial charge in [0.25, 0.3) is 0 Å². The molecule has 2 aromatic carbocycles. The molecule has 0 bridgehead atoms. The van der Waals surface area contributed by atoms with Crippen molar-refractivity contribution in [1.29, 1.82) is 0 Å². The van der Waals surface area contributed by atoms with Crippen LogP contribution in [0.2, 0.25) is 0 Å². The number of benzene rings is 2. The Balaban J connectivity index is 1.29. The van der Waals surface area contributed by atoms with Crippen LogP contribution in [0.3, 0.4) is 0 Å². The molecule has 6 heteroatoms. The minimum atomic E-state index is 0.552. The zero-order chi connectivity index (χ0) is 21.7. The van der Waals surface area contributed by atoms with E-state index in [1.807, 2.05) is 0 Å². The smallest absolute Gasteiger partial charge is 0.140 e. The fourth-order valence-corrected chi connectivity index (χ4v) is 4.88. The molecule has 0 atom stereocenters. The highest BCUT2D eigenvalue weighted by Gasteiger charge is 2.30. The second-order valence-corrected chi connectivity index (χ2v) is 9.58. The Morgan fingerprint density at radius 3 is 2.03 bits per heavy atom.